The van der Waals surface area contributed by atoms with Crippen LogP contribution in [-0.2, 0) is 4.79 Å². The van der Waals surface area contributed by atoms with E-state index in [1.165, 1.54) is 69.3 Å². The third-order valence-corrected chi connectivity index (χ3v) is 7.78. The van der Waals surface area contributed by atoms with Gasteiger partial charge in [-0.15, -0.1) is 23.5 Å². The van der Waals surface area contributed by atoms with Gasteiger partial charge in [0.2, 0.25) is 0 Å². The molecule has 1 saturated carbocycles. The van der Waals surface area contributed by atoms with Gasteiger partial charge >= 0.3 is 0 Å². The summed E-state index contributed by atoms with van der Waals surface area (Å²) in [5, 5.41) is 0. The molecule has 0 amide bonds. The van der Waals surface area contributed by atoms with E-state index in [1.807, 2.05) is 23.5 Å². The van der Waals surface area contributed by atoms with Crippen LogP contribution in [0.5, 0.6) is 0 Å². The van der Waals surface area contributed by atoms with Gasteiger partial charge < -0.3 is 0 Å². The van der Waals surface area contributed by atoms with Gasteiger partial charge in [0.15, 0.2) is 5.78 Å². The average molecular weight is 301 g/mol. The second kappa shape index (κ2) is 8.61. The largest absolute Gasteiger partial charge is 0.297 e. The first kappa shape index (κ1) is 15.8. The summed E-state index contributed by atoms with van der Waals surface area (Å²) in [7, 11) is 0. The predicted octanol–water partition coefficient (Wildman–Crippen LogP) is 5.43. The average Bonchev–Trinajstić information content (AvgIpc) is 2.46. The van der Waals surface area contributed by atoms with Crippen molar-refractivity contribution in [3.63, 3.8) is 0 Å². The van der Waals surface area contributed by atoms with Gasteiger partial charge in [-0.1, -0.05) is 51.4 Å². The molecule has 1 heterocycles. The lowest BCUT2D eigenvalue weighted by atomic mass is 10.0. The second-order valence-electron chi connectivity index (χ2n) is 5.91. The molecular formula is C16H28OS2. The summed E-state index contributed by atoms with van der Waals surface area (Å²) < 4.78 is -0.0493. The molecule has 0 atom stereocenters. The lowest BCUT2D eigenvalue weighted by Gasteiger charge is -2.35. The van der Waals surface area contributed by atoms with Crippen molar-refractivity contribution in [2.75, 3.05) is 11.5 Å². The highest BCUT2D eigenvalue weighted by Crippen LogP contribution is 2.47. The molecule has 2 rings (SSSR count). The second-order valence-corrected chi connectivity index (χ2v) is 8.95. The van der Waals surface area contributed by atoms with Crippen LogP contribution >= 0.6 is 23.5 Å². The molecular weight excluding hydrogens is 272 g/mol. The van der Waals surface area contributed by atoms with Crippen LogP contribution in [0.3, 0.4) is 0 Å². The fraction of sp³-hybridized carbons (Fsp3) is 0.938. The third kappa shape index (κ3) is 5.00. The zero-order valence-electron chi connectivity index (χ0n) is 12.1. The Morgan fingerprint density at radius 3 is 1.84 bits per heavy atom. The Balaban J connectivity index is 1.93. The van der Waals surface area contributed by atoms with E-state index in [4.69, 9.17) is 0 Å². The quantitative estimate of drug-likeness (QED) is 0.594. The van der Waals surface area contributed by atoms with Crippen molar-refractivity contribution in [1.82, 2.24) is 0 Å². The van der Waals surface area contributed by atoms with Gasteiger partial charge in [0, 0.05) is 6.42 Å². The molecule has 0 unspecified atom stereocenters. The molecule has 3 heteroatoms. The van der Waals surface area contributed by atoms with Crippen LogP contribution in [-0.4, -0.2) is 21.4 Å². The SMILES string of the molecule is O=C1CCCCCCCCCCCC12SCCCS2. The van der Waals surface area contributed by atoms with E-state index >= 15 is 0 Å². The summed E-state index contributed by atoms with van der Waals surface area (Å²) in [6, 6.07) is 0. The van der Waals surface area contributed by atoms with Crippen LogP contribution in [0.2, 0.25) is 0 Å². The smallest absolute Gasteiger partial charge is 0.158 e. The molecule has 1 aliphatic carbocycles. The van der Waals surface area contributed by atoms with E-state index in [1.54, 1.807) is 0 Å². The fourth-order valence-electron chi connectivity index (χ4n) is 3.09. The van der Waals surface area contributed by atoms with E-state index in [9.17, 15) is 4.79 Å². The van der Waals surface area contributed by atoms with Crippen molar-refractivity contribution < 1.29 is 4.79 Å². The van der Waals surface area contributed by atoms with Gasteiger partial charge in [0.25, 0.3) is 0 Å². The Bertz CT molecular complexity index is 272. The Morgan fingerprint density at radius 2 is 1.21 bits per heavy atom. The number of thioether (sulfide) groups is 2. The number of hydrogen-bond donors (Lipinski definition) is 0. The van der Waals surface area contributed by atoms with Crippen LogP contribution in [0.15, 0.2) is 0 Å². The molecule has 1 nitrogen and oxygen atoms in total. The van der Waals surface area contributed by atoms with E-state index < -0.39 is 0 Å². The first-order valence-electron chi connectivity index (χ1n) is 8.15. The lowest BCUT2D eigenvalue weighted by molar-refractivity contribution is -0.119. The minimum absolute atomic E-state index is 0.0493. The molecule has 0 N–H and O–H groups in total. The van der Waals surface area contributed by atoms with Crippen molar-refractivity contribution in [3.8, 4) is 0 Å². The number of carbonyl (C=O) groups is 1. The normalized spacial score (nSPS) is 27.3. The Hall–Kier alpha value is 0.370. The van der Waals surface area contributed by atoms with Gasteiger partial charge in [-0.25, -0.2) is 0 Å². The zero-order chi connectivity index (χ0) is 13.4. The maximum atomic E-state index is 12.7. The van der Waals surface area contributed by atoms with Crippen LogP contribution in [0.4, 0.5) is 0 Å². The number of hydrogen-bond acceptors (Lipinski definition) is 3. The molecule has 0 bridgehead atoms. The van der Waals surface area contributed by atoms with Gasteiger partial charge in [0.1, 0.15) is 4.08 Å². The summed E-state index contributed by atoms with van der Waals surface area (Å²) in [6.07, 6.45) is 15.1. The molecule has 0 aromatic rings. The maximum absolute atomic E-state index is 12.7. The Labute approximate surface area is 127 Å². The van der Waals surface area contributed by atoms with Crippen LogP contribution in [0.25, 0.3) is 0 Å². The van der Waals surface area contributed by atoms with Gasteiger partial charge in [-0.05, 0) is 30.8 Å². The highest BCUT2D eigenvalue weighted by atomic mass is 32.2. The van der Waals surface area contributed by atoms with E-state index in [0.29, 0.717) is 5.78 Å². The molecule has 2 aliphatic rings. The van der Waals surface area contributed by atoms with Crippen LogP contribution < -0.4 is 0 Å². The first-order chi connectivity index (χ1) is 9.33. The van der Waals surface area contributed by atoms with Crippen molar-refractivity contribution in [1.29, 1.82) is 0 Å². The molecule has 19 heavy (non-hydrogen) atoms. The van der Waals surface area contributed by atoms with Crippen LogP contribution in [0, 0.1) is 0 Å². The lowest BCUT2D eigenvalue weighted by Crippen LogP contribution is -2.34. The summed E-state index contributed by atoms with van der Waals surface area (Å²) >= 11 is 3.93. The molecule has 2 fully saturated rings. The van der Waals surface area contributed by atoms with E-state index in [-0.39, 0.29) is 4.08 Å². The number of rotatable bonds is 0. The summed E-state index contributed by atoms with van der Waals surface area (Å²) in [5.74, 6) is 2.94. The number of ketones is 1. The molecule has 1 spiro atoms. The topological polar surface area (TPSA) is 17.1 Å². The molecule has 0 aromatic heterocycles. The van der Waals surface area contributed by atoms with Gasteiger partial charge in [-0.3, -0.25) is 4.79 Å². The monoisotopic (exact) mass is 300 g/mol. The predicted molar refractivity (Wildman–Crippen MR) is 88.1 cm³/mol. The van der Waals surface area contributed by atoms with Crippen molar-refractivity contribution in [2.45, 2.75) is 81.1 Å². The van der Waals surface area contributed by atoms with Crippen molar-refractivity contribution in [3.05, 3.63) is 0 Å². The zero-order valence-corrected chi connectivity index (χ0v) is 13.8. The fourth-order valence-corrected chi connectivity index (χ4v) is 6.45. The van der Waals surface area contributed by atoms with Crippen molar-refractivity contribution >= 4 is 29.3 Å². The maximum Gasteiger partial charge on any atom is 0.158 e. The van der Waals surface area contributed by atoms with E-state index in [2.05, 4.69) is 0 Å². The van der Waals surface area contributed by atoms with Gasteiger partial charge in [-0.2, -0.15) is 0 Å². The molecule has 1 aliphatic heterocycles. The summed E-state index contributed by atoms with van der Waals surface area (Å²) in [6.45, 7) is 0. The van der Waals surface area contributed by atoms with Crippen LogP contribution in [0.1, 0.15) is 77.0 Å². The highest BCUT2D eigenvalue weighted by Gasteiger charge is 2.39. The number of carbonyl (C=O) groups excluding carboxylic acids is 1. The highest BCUT2D eigenvalue weighted by molar-refractivity contribution is 8.19. The first-order valence-corrected chi connectivity index (χ1v) is 10.1. The Kier molecular flexibility index (Phi) is 7.14. The minimum Gasteiger partial charge on any atom is -0.297 e. The molecule has 1 saturated heterocycles. The molecule has 0 aromatic carbocycles. The van der Waals surface area contributed by atoms with Crippen molar-refractivity contribution in [2.24, 2.45) is 0 Å². The third-order valence-electron chi connectivity index (χ3n) is 4.29. The Morgan fingerprint density at radius 1 is 0.684 bits per heavy atom. The van der Waals surface area contributed by atoms with E-state index in [0.717, 1.165) is 19.3 Å². The number of Topliss-reactive ketones (excluding diaryl/α,β-unsaturated/α-hetero) is 1. The van der Waals surface area contributed by atoms with Gasteiger partial charge in [0.05, 0.1) is 0 Å². The molecule has 0 radical (unpaired) electrons. The molecule has 110 valence electrons. The summed E-state index contributed by atoms with van der Waals surface area (Å²) in [5.41, 5.74) is 0. The minimum atomic E-state index is -0.0493. The standard InChI is InChI=1S/C16H28OS2/c17-15-11-8-6-4-2-1-3-5-7-9-12-16(15)18-13-10-14-19-16/h1-14H2. The summed E-state index contributed by atoms with van der Waals surface area (Å²) in [4.78, 5) is 12.7.